The van der Waals surface area contributed by atoms with Gasteiger partial charge in [0.15, 0.2) is 0 Å². The maximum absolute atomic E-state index is 12.1. The average Bonchev–Trinajstić information content (AvgIpc) is 2.99. The van der Waals surface area contributed by atoms with Crippen molar-refractivity contribution in [3.63, 3.8) is 0 Å². The molecule has 0 aromatic carbocycles. The number of piperidine rings is 1. The van der Waals surface area contributed by atoms with Crippen LogP contribution in [0.1, 0.15) is 39.2 Å². The number of halogens is 1. The minimum atomic E-state index is -0.476. The highest BCUT2D eigenvalue weighted by Crippen LogP contribution is 2.23. The van der Waals surface area contributed by atoms with Crippen molar-refractivity contribution in [2.24, 2.45) is 23.1 Å². The van der Waals surface area contributed by atoms with E-state index in [1.807, 2.05) is 31.6 Å². The van der Waals surface area contributed by atoms with Gasteiger partial charge in [-0.15, -0.1) is 0 Å². The van der Waals surface area contributed by atoms with Crippen LogP contribution >= 0.6 is 11.6 Å². The number of carbonyl (C=O) groups is 1. The quantitative estimate of drug-likeness (QED) is 0.528. The van der Waals surface area contributed by atoms with Crippen molar-refractivity contribution in [2.75, 3.05) is 13.1 Å². The maximum atomic E-state index is 12.1. The van der Waals surface area contributed by atoms with Crippen molar-refractivity contribution in [2.45, 2.75) is 45.8 Å². The van der Waals surface area contributed by atoms with Gasteiger partial charge in [0.25, 0.3) is 0 Å². The van der Waals surface area contributed by atoms with Crippen molar-refractivity contribution in [1.82, 2.24) is 14.7 Å². The summed E-state index contributed by atoms with van der Waals surface area (Å²) in [5.41, 5.74) is 17.8. The molecule has 1 aliphatic heterocycles. The molecule has 0 unspecified atom stereocenters. The third-order valence-electron chi connectivity index (χ3n) is 4.25. The Bertz CT molecular complexity index is 718. The Morgan fingerprint density at radius 3 is 2.48 bits per heavy atom. The smallest absolute Gasteiger partial charge is 0.410 e. The first-order valence-corrected chi connectivity index (χ1v) is 9.31. The molecule has 1 fully saturated rings. The molecule has 27 heavy (non-hydrogen) atoms. The first-order chi connectivity index (χ1) is 12.5. The van der Waals surface area contributed by atoms with Crippen LogP contribution in [0.25, 0.3) is 5.57 Å². The highest BCUT2D eigenvalue weighted by molar-refractivity contribution is 6.29. The molecular weight excluding hydrogens is 368 g/mol. The van der Waals surface area contributed by atoms with Gasteiger partial charge in [0.2, 0.25) is 0 Å². The van der Waals surface area contributed by atoms with Crippen molar-refractivity contribution >= 4 is 23.3 Å². The molecule has 0 atom stereocenters. The van der Waals surface area contributed by atoms with Gasteiger partial charge in [0, 0.05) is 37.0 Å². The Hall–Kier alpha value is -2.35. The fourth-order valence-electron chi connectivity index (χ4n) is 2.96. The Labute approximate surface area is 164 Å². The molecule has 2 heterocycles. The second-order valence-corrected chi connectivity index (χ2v) is 8.20. The molecule has 0 saturated carbocycles. The predicted molar refractivity (Wildman–Crippen MR) is 106 cm³/mol. The van der Waals surface area contributed by atoms with E-state index in [2.05, 4.69) is 5.10 Å². The number of ether oxygens (including phenoxy) is 1. The Kier molecular flexibility index (Phi) is 6.64. The number of allylic oxidation sites excluding steroid dienone is 2. The predicted octanol–water partition coefficient (Wildman–Crippen LogP) is 2.16. The summed E-state index contributed by atoms with van der Waals surface area (Å²) >= 11 is 5.73. The monoisotopic (exact) mass is 396 g/mol. The number of aromatic nitrogens is 2. The molecule has 1 saturated heterocycles. The van der Waals surface area contributed by atoms with Crippen molar-refractivity contribution in [1.29, 1.82) is 0 Å². The van der Waals surface area contributed by atoms with Crippen LogP contribution < -0.4 is 17.2 Å². The van der Waals surface area contributed by atoms with Crippen LogP contribution in [0.5, 0.6) is 0 Å². The van der Waals surface area contributed by atoms with Crippen LogP contribution in [0.4, 0.5) is 4.79 Å². The minimum absolute atomic E-state index is 0.0978. The first-order valence-electron chi connectivity index (χ1n) is 8.94. The average molecular weight is 397 g/mol. The number of carbonyl (C=O) groups excluding carboxylic acids is 1. The molecule has 2 rings (SSSR count). The standard InChI is InChI=1S/C18H29ClN6O2/c1-18(2,3)27-17(26)24-6-4-12(5-7-24)10-25-11-13(9-23-25)14(16(21)22)8-15(19)20/h8-9,11-12H,4-7,10,20-22H2,1-3H3/b15-8-. The zero-order chi connectivity index (χ0) is 20.2. The summed E-state index contributed by atoms with van der Waals surface area (Å²) in [6, 6.07) is 0. The fourth-order valence-corrected chi connectivity index (χ4v) is 3.07. The lowest BCUT2D eigenvalue weighted by Crippen LogP contribution is -2.42. The molecular formula is C18H29ClN6O2. The molecule has 1 aromatic rings. The van der Waals surface area contributed by atoms with Crippen LogP contribution in [0, 0.1) is 5.92 Å². The second-order valence-electron chi connectivity index (χ2n) is 7.76. The molecule has 1 aromatic heterocycles. The topological polar surface area (TPSA) is 125 Å². The third kappa shape index (κ3) is 6.39. The van der Waals surface area contributed by atoms with E-state index in [1.165, 1.54) is 6.08 Å². The van der Waals surface area contributed by atoms with Gasteiger partial charge in [-0.25, -0.2) is 4.79 Å². The largest absolute Gasteiger partial charge is 0.444 e. The molecule has 1 amide bonds. The maximum Gasteiger partial charge on any atom is 0.410 e. The van der Waals surface area contributed by atoms with Crippen LogP contribution in [0.2, 0.25) is 0 Å². The summed E-state index contributed by atoms with van der Waals surface area (Å²) < 4.78 is 7.28. The van der Waals surface area contributed by atoms with Crippen LogP contribution in [0.15, 0.2) is 29.4 Å². The zero-order valence-electron chi connectivity index (χ0n) is 16.1. The van der Waals surface area contributed by atoms with E-state index in [9.17, 15) is 4.79 Å². The van der Waals surface area contributed by atoms with Crippen LogP contribution in [0.3, 0.4) is 0 Å². The van der Waals surface area contributed by atoms with Gasteiger partial charge < -0.3 is 26.8 Å². The van der Waals surface area contributed by atoms with Crippen molar-refractivity contribution < 1.29 is 9.53 Å². The summed E-state index contributed by atoms with van der Waals surface area (Å²) in [7, 11) is 0. The Balaban J connectivity index is 1.93. The fraction of sp³-hybridized carbons (Fsp3) is 0.556. The lowest BCUT2D eigenvalue weighted by Gasteiger charge is -2.33. The van der Waals surface area contributed by atoms with Gasteiger partial charge >= 0.3 is 6.09 Å². The summed E-state index contributed by atoms with van der Waals surface area (Å²) in [6.07, 6.45) is 6.60. The van der Waals surface area contributed by atoms with E-state index in [-0.39, 0.29) is 17.1 Å². The number of likely N-dealkylation sites (tertiary alicyclic amines) is 1. The van der Waals surface area contributed by atoms with E-state index < -0.39 is 5.60 Å². The zero-order valence-corrected chi connectivity index (χ0v) is 16.9. The van der Waals surface area contributed by atoms with E-state index in [0.717, 1.165) is 24.9 Å². The van der Waals surface area contributed by atoms with Gasteiger partial charge in [-0.3, -0.25) is 4.68 Å². The van der Waals surface area contributed by atoms with Gasteiger partial charge in [0.05, 0.1) is 11.4 Å². The molecule has 150 valence electrons. The molecule has 0 aliphatic carbocycles. The second kappa shape index (κ2) is 8.56. The number of rotatable bonds is 4. The number of nitrogens with two attached hydrogens (primary N) is 3. The lowest BCUT2D eigenvalue weighted by atomic mass is 9.97. The highest BCUT2D eigenvalue weighted by Gasteiger charge is 2.27. The molecule has 9 heteroatoms. The third-order valence-corrected chi connectivity index (χ3v) is 4.36. The number of amides is 1. The van der Waals surface area contributed by atoms with E-state index >= 15 is 0 Å². The number of hydrogen-bond donors (Lipinski definition) is 3. The number of nitrogens with zero attached hydrogens (tertiary/aromatic N) is 3. The Morgan fingerprint density at radius 1 is 1.33 bits per heavy atom. The molecule has 0 spiro atoms. The lowest BCUT2D eigenvalue weighted by molar-refractivity contribution is 0.0177. The van der Waals surface area contributed by atoms with E-state index in [4.69, 9.17) is 33.5 Å². The molecule has 0 radical (unpaired) electrons. The SMILES string of the molecule is CC(C)(C)OC(=O)N1CCC(Cn2cc(C(/C=C(\N)Cl)=C(N)N)cn2)CC1. The summed E-state index contributed by atoms with van der Waals surface area (Å²) in [5, 5.41) is 4.47. The van der Waals surface area contributed by atoms with Gasteiger partial charge in [0.1, 0.15) is 11.4 Å². The van der Waals surface area contributed by atoms with E-state index in [0.29, 0.717) is 24.6 Å². The first kappa shape index (κ1) is 21.0. The van der Waals surface area contributed by atoms with Crippen LogP contribution in [-0.4, -0.2) is 39.5 Å². The van der Waals surface area contributed by atoms with Crippen molar-refractivity contribution in [3.8, 4) is 0 Å². The summed E-state index contributed by atoms with van der Waals surface area (Å²) in [5.74, 6) is 0.552. The van der Waals surface area contributed by atoms with Crippen LogP contribution in [-0.2, 0) is 11.3 Å². The highest BCUT2D eigenvalue weighted by atomic mass is 35.5. The molecule has 8 nitrogen and oxygen atoms in total. The summed E-state index contributed by atoms with van der Waals surface area (Å²) in [6.45, 7) is 7.73. The van der Waals surface area contributed by atoms with Gasteiger partial charge in [-0.05, 0) is 45.6 Å². The minimum Gasteiger partial charge on any atom is -0.444 e. The molecule has 0 bridgehead atoms. The molecule has 1 aliphatic rings. The molecule has 6 N–H and O–H groups in total. The normalized spacial score (nSPS) is 16.3. The summed E-state index contributed by atoms with van der Waals surface area (Å²) in [4.78, 5) is 13.9. The number of hydrogen-bond acceptors (Lipinski definition) is 6. The van der Waals surface area contributed by atoms with E-state index in [1.54, 1.807) is 11.1 Å². The van der Waals surface area contributed by atoms with Gasteiger partial charge in [-0.1, -0.05) is 11.6 Å². The van der Waals surface area contributed by atoms with Crippen molar-refractivity contribution in [3.05, 3.63) is 35.0 Å². The van der Waals surface area contributed by atoms with Gasteiger partial charge in [-0.2, -0.15) is 5.10 Å². The Morgan fingerprint density at radius 2 is 1.96 bits per heavy atom.